The lowest BCUT2D eigenvalue weighted by atomic mass is 10.4. The highest BCUT2D eigenvalue weighted by atomic mass is 32.2. The maximum absolute atomic E-state index is 10.5. The number of nitrogens with one attached hydrogen (secondary N) is 1. The number of hydrogen-bond acceptors (Lipinski definition) is 5. The number of hydrogen-bond donors (Lipinski definition) is 2. The van der Waals surface area contributed by atoms with Crippen molar-refractivity contribution in [1.29, 1.82) is 0 Å². The van der Waals surface area contributed by atoms with E-state index in [2.05, 4.69) is 15.1 Å². The van der Waals surface area contributed by atoms with Crippen LogP contribution in [0.4, 0.5) is 0 Å². The summed E-state index contributed by atoms with van der Waals surface area (Å²) in [6.07, 6.45) is 3.36. The van der Waals surface area contributed by atoms with Crippen LogP contribution >= 0.6 is 11.8 Å². The van der Waals surface area contributed by atoms with Gasteiger partial charge in [-0.3, -0.25) is 0 Å². The molecule has 0 aromatic carbocycles. The Morgan fingerprint density at radius 3 is 3.13 bits per heavy atom. The molecule has 0 saturated carbocycles. The molecular weight excluding hydrogens is 218 g/mol. The van der Waals surface area contributed by atoms with Gasteiger partial charge in [0.1, 0.15) is 5.76 Å². The van der Waals surface area contributed by atoms with Crippen LogP contribution in [0, 0.1) is 0 Å². The lowest BCUT2D eigenvalue weighted by Gasteiger charge is -1.91. The molecule has 2 rings (SSSR count). The van der Waals surface area contributed by atoms with Gasteiger partial charge in [-0.1, -0.05) is 16.9 Å². The first-order valence-electron chi connectivity index (χ1n) is 4.07. The first-order chi connectivity index (χ1) is 7.25. The predicted octanol–water partition coefficient (Wildman–Crippen LogP) is 1.39. The van der Waals surface area contributed by atoms with Crippen LogP contribution in [0.3, 0.4) is 0 Å². The molecule has 0 aliphatic heterocycles. The molecule has 2 aromatic heterocycles. The van der Waals surface area contributed by atoms with E-state index in [9.17, 15) is 4.79 Å². The largest absolute Gasteiger partial charge is 0.476 e. The van der Waals surface area contributed by atoms with Crippen molar-refractivity contribution in [2.75, 3.05) is 0 Å². The van der Waals surface area contributed by atoms with Crippen LogP contribution in [-0.2, 0) is 5.75 Å². The fourth-order valence-corrected chi connectivity index (χ4v) is 1.65. The summed E-state index contributed by atoms with van der Waals surface area (Å²) in [7, 11) is 0. The van der Waals surface area contributed by atoms with Gasteiger partial charge in [0.15, 0.2) is 10.9 Å². The Bertz CT molecular complexity index is 451. The van der Waals surface area contributed by atoms with E-state index in [0.717, 1.165) is 5.16 Å². The highest BCUT2D eigenvalue weighted by Gasteiger charge is 2.10. The number of carboxylic acid groups (broad SMARTS) is 1. The summed E-state index contributed by atoms with van der Waals surface area (Å²) in [5, 5.41) is 12.8. The number of carbonyl (C=O) groups is 1. The van der Waals surface area contributed by atoms with Crippen LogP contribution in [0.15, 0.2) is 28.1 Å². The van der Waals surface area contributed by atoms with E-state index in [-0.39, 0.29) is 5.69 Å². The number of imidazole rings is 1. The monoisotopic (exact) mass is 225 g/mol. The number of aromatic carboxylic acids is 1. The number of carboxylic acids is 1. The molecule has 0 amide bonds. The molecule has 15 heavy (non-hydrogen) atoms. The zero-order chi connectivity index (χ0) is 10.7. The molecule has 0 aliphatic rings. The summed E-state index contributed by atoms with van der Waals surface area (Å²) in [6.45, 7) is 0. The van der Waals surface area contributed by atoms with Crippen LogP contribution in [-0.4, -0.2) is 26.2 Å². The summed E-state index contributed by atoms with van der Waals surface area (Å²) < 4.78 is 4.83. The smallest absolute Gasteiger partial charge is 0.358 e. The molecule has 0 unspecified atom stereocenters. The second kappa shape index (κ2) is 4.18. The molecule has 0 fully saturated rings. The van der Waals surface area contributed by atoms with Crippen molar-refractivity contribution in [3.8, 4) is 0 Å². The van der Waals surface area contributed by atoms with Crippen molar-refractivity contribution in [3.63, 3.8) is 0 Å². The number of aromatic nitrogens is 3. The molecule has 0 bridgehead atoms. The first kappa shape index (κ1) is 9.78. The number of rotatable bonds is 4. The molecule has 7 heteroatoms. The average Bonchev–Trinajstić information content (AvgIpc) is 2.86. The zero-order valence-electron chi connectivity index (χ0n) is 7.51. The molecule has 0 saturated heterocycles. The Kier molecular flexibility index (Phi) is 2.72. The lowest BCUT2D eigenvalue weighted by Crippen LogP contribution is -1.94. The quantitative estimate of drug-likeness (QED) is 0.764. The van der Waals surface area contributed by atoms with E-state index in [0.29, 0.717) is 11.5 Å². The highest BCUT2D eigenvalue weighted by Crippen LogP contribution is 2.19. The van der Waals surface area contributed by atoms with E-state index in [1.54, 1.807) is 12.4 Å². The minimum Gasteiger partial charge on any atom is -0.476 e. The zero-order valence-corrected chi connectivity index (χ0v) is 8.32. The molecule has 78 valence electrons. The number of nitrogens with zero attached hydrogens (tertiary/aromatic N) is 2. The molecule has 0 spiro atoms. The van der Waals surface area contributed by atoms with Crippen molar-refractivity contribution in [3.05, 3.63) is 29.9 Å². The van der Waals surface area contributed by atoms with E-state index in [1.807, 2.05) is 0 Å². The van der Waals surface area contributed by atoms with Crippen molar-refractivity contribution >= 4 is 17.7 Å². The molecular formula is C8H7N3O3S. The van der Waals surface area contributed by atoms with Gasteiger partial charge in [0.25, 0.3) is 0 Å². The molecule has 6 nitrogen and oxygen atoms in total. The van der Waals surface area contributed by atoms with Crippen molar-refractivity contribution in [2.45, 2.75) is 10.9 Å². The molecule has 0 aliphatic carbocycles. The Hall–Kier alpha value is -1.76. The fourth-order valence-electron chi connectivity index (χ4n) is 0.951. The Morgan fingerprint density at radius 1 is 1.67 bits per heavy atom. The summed E-state index contributed by atoms with van der Waals surface area (Å²) in [4.78, 5) is 17.4. The van der Waals surface area contributed by atoms with Crippen LogP contribution < -0.4 is 0 Å². The van der Waals surface area contributed by atoms with Gasteiger partial charge in [0.2, 0.25) is 0 Å². The van der Waals surface area contributed by atoms with Gasteiger partial charge in [0, 0.05) is 18.5 Å². The van der Waals surface area contributed by atoms with Gasteiger partial charge in [-0.2, -0.15) is 0 Å². The summed E-state index contributed by atoms with van der Waals surface area (Å²) in [5.41, 5.74) is -0.0787. The number of aromatic amines is 1. The average molecular weight is 225 g/mol. The molecule has 2 N–H and O–H groups in total. The highest BCUT2D eigenvalue weighted by molar-refractivity contribution is 7.98. The topological polar surface area (TPSA) is 92.0 Å². The summed E-state index contributed by atoms with van der Waals surface area (Å²) in [5.74, 6) is -0.0878. The number of H-pyrrole nitrogens is 1. The molecule has 2 heterocycles. The van der Waals surface area contributed by atoms with Gasteiger partial charge in [-0.25, -0.2) is 9.78 Å². The Labute approximate surface area is 88.7 Å². The van der Waals surface area contributed by atoms with Gasteiger partial charge in [-0.05, 0) is 0 Å². The first-order valence-corrected chi connectivity index (χ1v) is 5.05. The van der Waals surface area contributed by atoms with Gasteiger partial charge in [-0.15, -0.1) is 0 Å². The minimum atomic E-state index is -1.09. The maximum atomic E-state index is 10.5. The van der Waals surface area contributed by atoms with E-state index >= 15 is 0 Å². The molecule has 0 radical (unpaired) electrons. The van der Waals surface area contributed by atoms with Gasteiger partial charge in [0.05, 0.1) is 5.75 Å². The second-order valence-corrected chi connectivity index (χ2v) is 3.63. The van der Waals surface area contributed by atoms with Crippen LogP contribution in [0.2, 0.25) is 0 Å². The van der Waals surface area contributed by atoms with E-state index < -0.39 is 5.97 Å². The third-order valence-corrected chi connectivity index (χ3v) is 2.53. The minimum absolute atomic E-state index is 0.0787. The van der Waals surface area contributed by atoms with Crippen LogP contribution in [0.1, 0.15) is 16.2 Å². The SMILES string of the molecule is O=C(O)c1cc(CSc2ncc[nH]2)on1. The summed E-state index contributed by atoms with van der Waals surface area (Å²) in [6, 6.07) is 1.40. The predicted molar refractivity (Wildman–Crippen MR) is 51.6 cm³/mol. The maximum Gasteiger partial charge on any atom is 0.358 e. The molecule has 2 aromatic rings. The molecule has 0 atom stereocenters. The van der Waals surface area contributed by atoms with Crippen molar-refractivity contribution in [2.24, 2.45) is 0 Å². The number of thioether (sulfide) groups is 1. The fraction of sp³-hybridized carbons (Fsp3) is 0.125. The standard InChI is InChI=1S/C8H7N3O3S/c12-7(13)6-3-5(14-11-6)4-15-8-9-1-2-10-8/h1-3H,4H2,(H,9,10)(H,12,13). The van der Waals surface area contributed by atoms with Crippen LogP contribution in [0.5, 0.6) is 0 Å². The van der Waals surface area contributed by atoms with E-state index in [1.165, 1.54) is 17.8 Å². The second-order valence-electron chi connectivity index (χ2n) is 2.67. The third kappa shape index (κ3) is 2.38. The van der Waals surface area contributed by atoms with Gasteiger partial charge >= 0.3 is 5.97 Å². The normalized spacial score (nSPS) is 10.4. The van der Waals surface area contributed by atoms with Gasteiger partial charge < -0.3 is 14.6 Å². The Balaban J connectivity index is 1.96. The lowest BCUT2D eigenvalue weighted by molar-refractivity contribution is 0.0685. The van der Waals surface area contributed by atoms with E-state index in [4.69, 9.17) is 9.63 Å². The summed E-state index contributed by atoms with van der Waals surface area (Å²) >= 11 is 1.41. The van der Waals surface area contributed by atoms with Crippen molar-refractivity contribution in [1.82, 2.24) is 15.1 Å². The third-order valence-electron chi connectivity index (χ3n) is 1.60. The Morgan fingerprint density at radius 2 is 2.53 bits per heavy atom. The van der Waals surface area contributed by atoms with Crippen molar-refractivity contribution < 1.29 is 14.4 Å². The van der Waals surface area contributed by atoms with Crippen LogP contribution in [0.25, 0.3) is 0 Å².